The molecule has 0 aromatic heterocycles. The second kappa shape index (κ2) is 7.77. The Hall–Kier alpha value is -0.120. The van der Waals surface area contributed by atoms with Gasteiger partial charge in [-0.3, -0.25) is 0 Å². The van der Waals surface area contributed by atoms with Crippen molar-refractivity contribution in [2.24, 2.45) is 5.41 Å². The first-order chi connectivity index (χ1) is 9.69. The molecule has 2 aliphatic rings. The Morgan fingerprint density at radius 1 is 1.25 bits per heavy atom. The van der Waals surface area contributed by atoms with Crippen molar-refractivity contribution in [3.63, 3.8) is 0 Å². The lowest BCUT2D eigenvalue weighted by Gasteiger charge is -2.44. The van der Waals surface area contributed by atoms with Gasteiger partial charge in [-0.25, -0.2) is 0 Å². The SMILES string of the molecule is CCCC1(CN(C)C2CCN(CC)CC2)CCCNC1. The third-order valence-corrected chi connectivity index (χ3v) is 5.55. The zero-order chi connectivity index (χ0) is 14.4. The summed E-state index contributed by atoms with van der Waals surface area (Å²) in [6.45, 7) is 12.2. The molecule has 3 nitrogen and oxygen atoms in total. The number of nitrogens with zero attached hydrogens (tertiary/aromatic N) is 2. The molecule has 0 radical (unpaired) electrons. The summed E-state index contributed by atoms with van der Waals surface area (Å²) < 4.78 is 0. The van der Waals surface area contributed by atoms with Crippen LogP contribution in [0.4, 0.5) is 0 Å². The predicted molar refractivity (Wildman–Crippen MR) is 87.2 cm³/mol. The lowest BCUT2D eigenvalue weighted by Crippen LogP contribution is -2.51. The van der Waals surface area contributed by atoms with Crippen molar-refractivity contribution < 1.29 is 0 Å². The van der Waals surface area contributed by atoms with E-state index in [1.165, 1.54) is 77.8 Å². The van der Waals surface area contributed by atoms with Crippen molar-refractivity contribution in [1.82, 2.24) is 15.1 Å². The second-order valence-corrected chi connectivity index (χ2v) is 7.11. The molecular weight excluding hydrogens is 246 g/mol. The van der Waals surface area contributed by atoms with Gasteiger partial charge in [0.15, 0.2) is 0 Å². The summed E-state index contributed by atoms with van der Waals surface area (Å²) in [6.07, 6.45) is 8.22. The first kappa shape index (κ1) is 16.3. The normalized spacial score (nSPS) is 30.0. The van der Waals surface area contributed by atoms with Gasteiger partial charge in [-0.2, -0.15) is 0 Å². The minimum Gasteiger partial charge on any atom is -0.316 e. The number of piperidine rings is 2. The molecule has 0 spiro atoms. The number of likely N-dealkylation sites (tertiary alicyclic amines) is 1. The van der Waals surface area contributed by atoms with Gasteiger partial charge in [0.2, 0.25) is 0 Å². The van der Waals surface area contributed by atoms with Crippen LogP contribution in [0.3, 0.4) is 0 Å². The Bertz CT molecular complexity index is 260. The predicted octanol–water partition coefficient (Wildman–Crippen LogP) is 2.57. The van der Waals surface area contributed by atoms with Crippen molar-refractivity contribution in [3.05, 3.63) is 0 Å². The van der Waals surface area contributed by atoms with Crippen molar-refractivity contribution in [2.45, 2.75) is 58.4 Å². The van der Waals surface area contributed by atoms with Crippen LogP contribution < -0.4 is 5.32 Å². The lowest BCUT2D eigenvalue weighted by atomic mass is 9.76. The van der Waals surface area contributed by atoms with Gasteiger partial charge in [-0.15, -0.1) is 0 Å². The fraction of sp³-hybridized carbons (Fsp3) is 1.00. The summed E-state index contributed by atoms with van der Waals surface area (Å²) in [6, 6.07) is 0.813. The highest BCUT2D eigenvalue weighted by Gasteiger charge is 2.34. The molecule has 2 fully saturated rings. The molecule has 1 N–H and O–H groups in total. The highest BCUT2D eigenvalue weighted by Crippen LogP contribution is 2.33. The fourth-order valence-corrected chi connectivity index (χ4v) is 4.32. The first-order valence-corrected chi connectivity index (χ1v) is 8.82. The number of hydrogen-bond acceptors (Lipinski definition) is 3. The molecule has 0 aliphatic carbocycles. The van der Waals surface area contributed by atoms with E-state index in [0.717, 1.165) is 6.04 Å². The van der Waals surface area contributed by atoms with Gasteiger partial charge in [0, 0.05) is 19.1 Å². The summed E-state index contributed by atoms with van der Waals surface area (Å²) in [7, 11) is 2.37. The molecule has 0 bridgehead atoms. The van der Waals surface area contributed by atoms with E-state index in [2.05, 4.69) is 36.0 Å². The molecule has 3 heteroatoms. The van der Waals surface area contributed by atoms with E-state index < -0.39 is 0 Å². The van der Waals surface area contributed by atoms with E-state index in [1.54, 1.807) is 0 Å². The average Bonchev–Trinajstić information content (AvgIpc) is 2.48. The van der Waals surface area contributed by atoms with Crippen LogP contribution in [0.25, 0.3) is 0 Å². The van der Waals surface area contributed by atoms with Crippen LogP contribution in [0.1, 0.15) is 52.4 Å². The van der Waals surface area contributed by atoms with Gasteiger partial charge in [0.25, 0.3) is 0 Å². The van der Waals surface area contributed by atoms with Gasteiger partial charge in [0.05, 0.1) is 0 Å². The first-order valence-electron chi connectivity index (χ1n) is 8.82. The molecule has 2 aliphatic heterocycles. The number of rotatable bonds is 6. The number of nitrogens with one attached hydrogen (secondary N) is 1. The van der Waals surface area contributed by atoms with Crippen LogP contribution in [0.5, 0.6) is 0 Å². The average molecular weight is 281 g/mol. The van der Waals surface area contributed by atoms with E-state index in [-0.39, 0.29) is 0 Å². The maximum atomic E-state index is 3.65. The second-order valence-electron chi connectivity index (χ2n) is 7.11. The van der Waals surface area contributed by atoms with E-state index >= 15 is 0 Å². The highest BCUT2D eigenvalue weighted by atomic mass is 15.2. The van der Waals surface area contributed by atoms with Crippen LogP contribution in [-0.2, 0) is 0 Å². The summed E-state index contributed by atoms with van der Waals surface area (Å²) in [4.78, 5) is 5.28. The molecule has 0 amide bonds. The van der Waals surface area contributed by atoms with Gasteiger partial charge >= 0.3 is 0 Å². The largest absolute Gasteiger partial charge is 0.316 e. The molecular formula is C17H35N3. The summed E-state index contributed by atoms with van der Waals surface area (Å²) in [5.41, 5.74) is 0.545. The molecule has 0 aromatic carbocycles. The Morgan fingerprint density at radius 2 is 2.00 bits per heavy atom. The van der Waals surface area contributed by atoms with Gasteiger partial charge < -0.3 is 15.1 Å². The standard InChI is InChI=1S/C17H35N3/c1-4-9-17(10-6-11-18-14-17)15-19(3)16-7-12-20(5-2)13-8-16/h16,18H,4-15H2,1-3H3. The van der Waals surface area contributed by atoms with Gasteiger partial charge in [-0.05, 0) is 70.7 Å². The molecule has 1 atom stereocenters. The maximum Gasteiger partial charge on any atom is 0.0117 e. The Labute approximate surface area is 126 Å². The molecule has 0 saturated carbocycles. The Balaban J connectivity index is 1.86. The van der Waals surface area contributed by atoms with Gasteiger partial charge in [0.1, 0.15) is 0 Å². The Kier molecular flexibility index (Phi) is 6.31. The molecule has 2 saturated heterocycles. The Morgan fingerprint density at radius 3 is 2.55 bits per heavy atom. The third-order valence-electron chi connectivity index (χ3n) is 5.55. The maximum absolute atomic E-state index is 3.65. The fourth-order valence-electron chi connectivity index (χ4n) is 4.32. The zero-order valence-electron chi connectivity index (χ0n) is 14.0. The monoisotopic (exact) mass is 281 g/mol. The van der Waals surface area contributed by atoms with Crippen molar-refractivity contribution in [1.29, 1.82) is 0 Å². The lowest BCUT2D eigenvalue weighted by molar-refractivity contribution is 0.0665. The molecule has 2 rings (SSSR count). The quantitative estimate of drug-likeness (QED) is 0.807. The van der Waals surface area contributed by atoms with E-state index in [4.69, 9.17) is 0 Å². The zero-order valence-corrected chi connectivity index (χ0v) is 14.0. The van der Waals surface area contributed by atoms with E-state index in [9.17, 15) is 0 Å². The smallest absolute Gasteiger partial charge is 0.0117 e. The third kappa shape index (κ3) is 4.19. The number of hydrogen-bond donors (Lipinski definition) is 1. The molecule has 1 unspecified atom stereocenters. The van der Waals surface area contributed by atoms with Gasteiger partial charge in [-0.1, -0.05) is 20.3 Å². The molecule has 20 heavy (non-hydrogen) atoms. The molecule has 118 valence electrons. The minimum absolute atomic E-state index is 0.545. The summed E-state index contributed by atoms with van der Waals surface area (Å²) in [5, 5.41) is 3.65. The van der Waals surface area contributed by atoms with Crippen molar-refractivity contribution in [3.8, 4) is 0 Å². The summed E-state index contributed by atoms with van der Waals surface area (Å²) in [5.74, 6) is 0. The van der Waals surface area contributed by atoms with E-state index in [1.807, 2.05) is 0 Å². The van der Waals surface area contributed by atoms with Crippen molar-refractivity contribution >= 4 is 0 Å². The minimum atomic E-state index is 0.545. The topological polar surface area (TPSA) is 18.5 Å². The van der Waals surface area contributed by atoms with Crippen LogP contribution in [0.2, 0.25) is 0 Å². The highest BCUT2D eigenvalue weighted by molar-refractivity contribution is 4.90. The van der Waals surface area contributed by atoms with Crippen LogP contribution in [0.15, 0.2) is 0 Å². The summed E-state index contributed by atoms with van der Waals surface area (Å²) >= 11 is 0. The van der Waals surface area contributed by atoms with Crippen LogP contribution in [0, 0.1) is 5.41 Å². The molecule has 0 aromatic rings. The molecule has 2 heterocycles. The van der Waals surface area contributed by atoms with Crippen LogP contribution >= 0.6 is 0 Å². The van der Waals surface area contributed by atoms with Crippen LogP contribution in [-0.4, -0.2) is 62.2 Å². The van der Waals surface area contributed by atoms with E-state index in [0.29, 0.717) is 5.41 Å². The van der Waals surface area contributed by atoms with Crippen molar-refractivity contribution in [2.75, 3.05) is 46.3 Å².